The predicted octanol–water partition coefficient (Wildman–Crippen LogP) is -0.165. The topological polar surface area (TPSA) is 80.2 Å². The van der Waals surface area contributed by atoms with E-state index in [9.17, 15) is 9.59 Å². The molecule has 1 N–H and O–H groups in total. The number of nitrogens with zero attached hydrogens (tertiary/aromatic N) is 2. The van der Waals surface area contributed by atoms with Crippen LogP contribution in [0.3, 0.4) is 0 Å². The van der Waals surface area contributed by atoms with Gasteiger partial charge in [0.1, 0.15) is 0 Å². The Morgan fingerprint density at radius 3 is 3.06 bits per heavy atom. The average molecular weight is 247 g/mol. The third kappa shape index (κ3) is 3.38. The quantitative estimate of drug-likeness (QED) is 0.551. The number of amidine groups is 1. The van der Waals surface area contributed by atoms with E-state index in [0.717, 1.165) is 0 Å². The van der Waals surface area contributed by atoms with Crippen LogP contribution < -0.4 is 5.32 Å². The van der Waals surface area contributed by atoms with E-state index in [0.29, 0.717) is 24.1 Å². The van der Waals surface area contributed by atoms with Gasteiger partial charge < -0.3 is 10.1 Å². The summed E-state index contributed by atoms with van der Waals surface area (Å²) in [6.45, 7) is 0.809. The first kappa shape index (κ1) is 12.8. The summed E-state index contributed by atoms with van der Waals surface area (Å²) in [7, 11) is 2.98. The number of carbonyl (C=O) groups excluding carboxylic acids is 2. The van der Waals surface area contributed by atoms with Crippen molar-refractivity contribution in [2.75, 3.05) is 33.1 Å². The molecule has 0 aliphatic carbocycles. The van der Waals surface area contributed by atoms with Crippen molar-refractivity contribution in [1.29, 1.82) is 0 Å². The van der Waals surface area contributed by atoms with Crippen molar-refractivity contribution in [1.82, 2.24) is 10.2 Å². The van der Waals surface area contributed by atoms with Gasteiger partial charge >= 0.3 is 6.09 Å². The van der Waals surface area contributed by atoms with E-state index in [1.165, 1.54) is 23.7 Å². The third-order valence-electron chi connectivity index (χ3n) is 1.79. The van der Waals surface area contributed by atoms with Crippen LogP contribution in [0.2, 0.25) is 0 Å². The predicted molar refractivity (Wildman–Crippen MR) is 59.0 cm³/mol. The van der Waals surface area contributed by atoms with E-state index in [1.54, 1.807) is 7.11 Å². The standard InChI is InChI=1S/C8H13N3O4S/c1-9-8(13)15-10-7-11(3-4-14-2)6(12)5-16-7/h3-5H2,1-2H3,(H,9,13). The van der Waals surface area contributed by atoms with E-state index < -0.39 is 6.09 Å². The molecule has 7 nitrogen and oxygen atoms in total. The Morgan fingerprint density at radius 1 is 1.69 bits per heavy atom. The number of hydrogen-bond acceptors (Lipinski definition) is 6. The fourth-order valence-corrected chi connectivity index (χ4v) is 1.84. The summed E-state index contributed by atoms with van der Waals surface area (Å²) >= 11 is 1.23. The highest BCUT2D eigenvalue weighted by molar-refractivity contribution is 8.15. The van der Waals surface area contributed by atoms with Gasteiger partial charge in [-0.05, 0) is 5.16 Å². The summed E-state index contributed by atoms with van der Waals surface area (Å²) in [5, 5.41) is 6.23. The van der Waals surface area contributed by atoms with Gasteiger partial charge in [0.15, 0.2) is 0 Å². The van der Waals surface area contributed by atoms with Crippen LogP contribution in [0.5, 0.6) is 0 Å². The van der Waals surface area contributed by atoms with Crippen LogP contribution >= 0.6 is 11.8 Å². The van der Waals surface area contributed by atoms with Crippen molar-refractivity contribution in [2.45, 2.75) is 0 Å². The maximum atomic E-state index is 11.4. The van der Waals surface area contributed by atoms with Gasteiger partial charge in [-0.3, -0.25) is 14.5 Å². The monoisotopic (exact) mass is 247 g/mol. The molecule has 0 saturated carbocycles. The Bertz CT molecular complexity index is 308. The molecule has 0 aromatic rings. The lowest BCUT2D eigenvalue weighted by Crippen LogP contribution is -2.33. The molecule has 8 heteroatoms. The van der Waals surface area contributed by atoms with Crippen molar-refractivity contribution in [2.24, 2.45) is 5.16 Å². The highest BCUT2D eigenvalue weighted by atomic mass is 32.2. The number of ether oxygens (including phenoxy) is 1. The summed E-state index contributed by atoms with van der Waals surface area (Å²) in [6.07, 6.45) is -0.667. The summed E-state index contributed by atoms with van der Waals surface area (Å²) in [5.74, 6) is 0.237. The Labute approximate surface area is 97.1 Å². The van der Waals surface area contributed by atoms with Gasteiger partial charge in [-0.1, -0.05) is 11.8 Å². The van der Waals surface area contributed by atoms with Crippen molar-refractivity contribution < 1.29 is 19.2 Å². The molecular formula is C8H13N3O4S. The van der Waals surface area contributed by atoms with Crippen molar-refractivity contribution in [3.63, 3.8) is 0 Å². The number of thioether (sulfide) groups is 1. The zero-order valence-corrected chi connectivity index (χ0v) is 9.87. The SMILES string of the molecule is CNC(=O)ON=C1SCC(=O)N1CCOC. The number of carbonyl (C=O) groups is 2. The first-order valence-electron chi connectivity index (χ1n) is 4.58. The lowest BCUT2D eigenvalue weighted by atomic mass is 10.5. The van der Waals surface area contributed by atoms with Gasteiger partial charge in [0.2, 0.25) is 11.1 Å². The molecular weight excluding hydrogens is 234 g/mol. The summed E-state index contributed by atoms with van der Waals surface area (Å²) in [4.78, 5) is 28.2. The Morgan fingerprint density at radius 2 is 2.44 bits per heavy atom. The third-order valence-corrected chi connectivity index (χ3v) is 2.73. The number of methoxy groups -OCH3 is 1. The van der Waals surface area contributed by atoms with E-state index >= 15 is 0 Å². The second-order valence-electron chi connectivity index (χ2n) is 2.83. The van der Waals surface area contributed by atoms with E-state index in [2.05, 4.69) is 15.3 Å². The molecule has 0 spiro atoms. The number of oxime groups is 1. The lowest BCUT2D eigenvalue weighted by molar-refractivity contribution is -0.124. The molecule has 1 saturated heterocycles. The molecule has 1 aliphatic heterocycles. The fourth-order valence-electron chi connectivity index (χ4n) is 0.993. The van der Waals surface area contributed by atoms with Gasteiger partial charge in [0.25, 0.3) is 0 Å². The molecule has 1 fully saturated rings. The first-order chi connectivity index (χ1) is 7.69. The molecule has 0 aromatic heterocycles. The molecule has 16 heavy (non-hydrogen) atoms. The molecule has 0 bridgehead atoms. The highest BCUT2D eigenvalue weighted by Gasteiger charge is 2.28. The molecule has 1 aliphatic rings. The molecule has 0 atom stereocenters. The molecule has 0 radical (unpaired) electrons. The van der Waals surface area contributed by atoms with Gasteiger partial charge in [-0.15, -0.1) is 0 Å². The lowest BCUT2D eigenvalue weighted by Gasteiger charge is -2.13. The molecule has 0 unspecified atom stereocenters. The minimum absolute atomic E-state index is 0.0682. The van der Waals surface area contributed by atoms with E-state index in [4.69, 9.17) is 4.74 Å². The summed E-state index contributed by atoms with van der Waals surface area (Å²) in [6, 6.07) is 0. The normalized spacial score (nSPS) is 18.0. The van der Waals surface area contributed by atoms with Gasteiger partial charge in [-0.2, -0.15) is 0 Å². The Balaban J connectivity index is 2.56. The number of rotatable bonds is 4. The van der Waals surface area contributed by atoms with Crippen molar-refractivity contribution in [3.8, 4) is 0 Å². The van der Waals surface area contributed by atoms with Crippen molar-refractivity contribution >= 4 is 28.9 Å². The highest BCUT2D eigenvalue weighted by Crippen LogP contribution is 2.18. The summed E-state index contributed by atoms with van der Waals surface area (Å²) in [5.41, 5.74) is 0. The van der Waals surface area contributed by atoms with Crippen LogP contribution in [0.25, 0.3) is 0 Å². The maximum absolute atomic E-state index is 11.4. The number of nitrogens with one attached hydrogen (secondary N) is 1. The second kappa shape index (κ2) is 6.33. The van der Waals surface area contributed by atoms with Gasteiger partial charge in [0.05, 0.1) is 18.9 Å². The van der Waals surface area contributed by atoms with E-state index in [-0.39, 0.29) is 5.91 Å². The zero-order valence-electron chi connectivity index (χ0n) is 9.06. The molecule has 1 heterocycles. The molecule has 90 valence electrons. The van der Waals surface area contributed by atoms with Crippen LogP contribution in [-0.2, 0) is 14.4 Å². The van der Waals surface area contributed by atoms with Gasteiger partial charge in [0, 0.05) is 14.2 Å². The number of hydrogen-bond donors (Lipinski definition) is 1. The molecule has 0 aromatic carbocycles. The summed E-state index contributed by atoms with van der Waals surface area (Å²) < 4.78 is 4.87. The van der Waals surface area contributed by atoms with Crippen LogP contribution in [-0.4, -0.2) is 55.1 Å². The first-order valence-corrected chi connectivity index (χ1v) is 5.56. The molecule has 2 amide bonds. The van der Waals surface area contributed by atoms with Gasteiger partial charge in [-0.25, -0.2) is 4.79 Å². The number of amides is 2. The zero-order chi connectivity index (χ0) is 12.0. The fraction of sp³-hybridized carbons (Fsp3) is 0.625. The second-order valence-corrected chi connectivity index (χ2v) is 3.77. The van der Waals surface area contributed by atoms with E-state index in [1.807, 2.05) is 0 Å². The average Bonchev–Trinajstić information content (AvgIpc) is 2.64. The van der Waals surface area contributed by atoms with Crippen LogP contribution in [0.15, 0.2) is 5.16 Å². The van der Waals surface area contributed by atoms with Crippen LogP contribution in [0, 0.1) is 0 Å². The van der Waals surface area contributed by atoms with Crippen molar-refractivity contribution in [3.05, 3.63) is 0 Å². The molecule has 1 rings (SSSR count). The van der Waals surface area contributed by atoms with Crippen LogP contribution in [0.1, 0.15) is 0 Å². The smallest absolute Gasteiger partial charge is 0.383 e. The Hall–Kier alpha value is -1.28. The Kier molecular flexibility index (Phi) is 5.06. The minimum atomic E-state index is -0.667. The minimum Gasteiger partial charge on any atom is -0.383 e. The largest absolute Gasteiger partial charge is 0.433 e. The van der Waals surface area contributed by atoms with Crippen LogP contribution in [0.4, 0.5) is 4.79 Å². The maximum Gasteiger partial charge on any atom is 0.433 e.